The van der Waals surface area contributed by atoms with Gasteiger partial charge in [0, 0.05) is 11.8 Å². The summed E-state index contributed by atoms with van der Waals surface area (Å²) in [6.45, 7) is 0. The van der Waals surface area contributed by atoms with E-state index in [1.165, 1.54) is 25.7 Å². The summed E-state index contributed by atoms with van der Waals surface area (Å²) in [7, 11) is 3.29. The smallest absolute Gasteiger partial charge is 0.143 e. The molecule has 2 rings (SSSR count). The normalized spacial score (nSPS) is 46.3. The van der Waals surface area contributed by atoms with Gasteiger partial charge in [-0.3, -0.25) is 0 Å². The summed E-state index contributed by atoms with van der Waals surface area (Å²) in [5, 5.41) is 23.3. The van der Waals surface area contributed by atoms with Crippen molar-refractivity contribution in [1.29, 1.82) is 0 Å². The Labute approximate surface area is 85.0 Å². The zero-order valence-corrected chi connectivity index (χ0v) is 8.95. The predicted octanol–water partition coefficient (Wildman–Crippen LogP) is -1.43. The molecule has 0 bridgehead atoms. The van der Waals surface area contributed by atoms with Crippen molar-refractivity contribution in [2.24, 2.45) is 11.8 Å². The van der Waals surface area contributed by atoms with Crippen molar-refractivity contribution >= 4 is 0 Å². The zero-order chi connectivity index (χ0) is 10.3. The highest BCUT2D eigenvalue weighted by molar-refractivity contribution is 4.99. The van der Waals surface area contributed by atoms with Crippen LogP contribution in [0.4, 0.5) is 0 Å². The van der Waals surface area contributed by atoms with Crippen LogP contribution in [0, 0.1) is 22.3 Å². The Morgan fingerprint density at radius 3 is 1.50 bits per heavy atom. The fourth-order valence-corrected chi connectivity index (χ4v) is 3.58. The van der Waals surface area contributed by atoms with Crippen LogP contribution in [0.15, 0.2) is 0 Å². The number of likely N-dealkylation sites (N-methyl/N-ethyl adjacent to an activating group) is 2. The van der Waals surface area contributed by atoms with Gasteiger partial charge in [-0.05, 0) is 12.8 Å². The first-order valence-corrected chi connectivity index (χ1v) is 5.64. The van der Waals surface area contributed by atoms with E-state index in [-0.39, 0.29) is 22.2 Å². The molecule has 82 valence electrons. The van der Waals surface area contributed by atoms with E-state index < -0.39 is 0 Å². The topological polar surface area (TPSA) is 55.0 Å². The predicted molar refractivity (Wildman–Crippen MR) is 53.5 cm³/mol. The molecule has 0 aromatic heterocycles. The summed E-state index contributed by atoms with van der Waals surface area (Å²) in [5.41, 5.74) is 0. The summed E-state index contributed by atoms with van der Waals surface area (Å²) < 4.78 is 0. The maximum Gasteiger partial charge on any atom is 0.143 e. The van der Waals surface area contributed by atoms with Gasteiger partial charge in [-0.1, -0.05) is 12.8 Å². The molecule has 0 heterocycles. The molecule has 2 saturated carbocycles. The fraction of sp³-hybridized carbons (Fsp3) is 1.00. The molecule has 6 unspecified atom stereocenters. The number of nitrogens with one attached hydrogen (secondary N) is 2. The zero-order valence-electron chi connectivity index (χ0n) is 8.95. The van der Waals surface area contributed by atoms with Gasteiger partial charge in [0.15, 0.2) is 0 Å². The molecule has 6 atom stereocenters. The molecule has 2 aliphatic carbocycles. The molecule has 4 heteroatoms. The summed E-state index contributed by atoms with van der Waals surface area (Å²) >= 11 is 0. The fourth-order valence-electron chi connectivity index (χ4n) is 3.58. The number of fused-ring (bicyclic) bond motifs is 1. The molecule has 0 aliphatic heterocycles. The van der Waals surface area contributed by atoms with Crippen LogP contribution in [0.1, 0.15) is 25.7 Å². The molecular formula is C10H20N2O2. The minimum Gasteiger partial charge on any atom is -0.634 e. The third-order valence-electron chi connectivity index (χ3n) is 4.12. The van der Waals surface area contributed by atoms with E-state index in [4.69, 9.17) is 0 Å². The van der Waals surface area contributed by atoms with Crippen molar-refractivity contribution in [2.45, 2.75) is 37.8 Å². The molecule has 0 saturated heterocycles. The van der Waals surface area contributed by atoms with Crippen molar-refractivity contribution in [2.75, 3.05) is 14.1 Å². The maximum atomic E-state index is 11.4. The quantitative estimate of drug-likeness (QED) is 0.537. The molecule has 0 aromatic rings. The van der Waals surface area contributed by atoms with Gasteiger partial charge in [0.25, 0.3) is 0 Å². The van der Waals surface area contributed by atoms with Crippen molar-refractivity contribution in [1.82, 2.24) is 0 Å². The van der Waals surface area contributed by atoms with Gasteiger partial charge in [-0.25, -0.2) is 0 Å². The lowest BCUT2D eigenvalue weighted by atomic mass is 9.58. The van der Waals surface area contributed by atoms with Gasteiger partial charge in [0.2, 0.25) is 0 Å². The minimum atomic E-state index is 0.0674. The molecule has 2 N–H and O–H groups in total. The molecule has 0 spiro atoms. The lowest BCUT2D eigenvalue weighted by molar-refractivity contribution is -0.955. The van der Waals surface area contributed by atoms with Crippen LogP contribution in [0.5, 0.6) is 0 Å². The number of hydrogen-bond acceptors (Lipinski definition) is 2. The lowest BCUT2D eigenvalue weighted by Crippen LogP contribution is -3.24. The van der Waals surface area contributed by atoms with Gasteiger partial charge in [-0.15, -0.1) is 0 Å². The van der Waals surface area contributed by atoms with Crippen LogP contribution >= 0.6 is 0 Å². The van der Waals surface area contributed by atoms with Gasteiger partial charge in [-0.2, -0.15) is 0 Å². The highest BCUT2D eigenvalue weighted by Gasteiger charge is 2.57. The van der Waals surface area contributed by atoms with E-state index in [9.17, 15) is 10.4 Å². The Morgan fingerprint density at radius 1 is 0.857 bits per heavy atom. The molecule has 2 fully saturated rings. The highest BCUT2D eigenvalue weighted by Crippen LogP contribution is 2.42. The molecule has 0 amide bonds. The van der Waals surface area contributed by atoms with Crippen molar-refractivity contribution in [3.8, 4) is 0 Å². The summed E-state index contributed by atoms with van der Waals surface area (Å²) in [5.74, 6) is 1.07. The molecule has 2 aliphatic rings. The van der Waals surface area contributed by atoms with Gasteiger partial charge >= 0.3 is 0 Å². The number of rotatable bonds is 2. The van der Waals surface area contributed by atoms with E-state index in [0.717, 1.165) is 0 Å². The van der Waals surface area contributed by atoms with Crippen molar-refractivity contribution in [3.05, 3.63) is 10.4 Å². The van der Waals surface area contributed by atoms with Crippen LogP contribution in [-0.2, 0) is 0 Å². The van der Waals surface area contributed by atoms with E-state index >= 15 is 0 Å². The first-order chi connectivity index (χ1) is 6.63. The van der Waals surface area contributed by atoms with E-state index in [0.29, 0.717) is 11.8 Å². The molecule has 4 nitrogen and oxygen atoms in total. The van der Waals surface area contributed by atoms with Crippen LogP contribution in [0.2, 0.25) is 0 Å². The Bertz CT molecular complexity index is 186. The average Bonchev–Trinajstić information content (AvgIpc) is 2.05. The second kappa shape index (κ2) is 3.77. The van der Waals surface area contributed by atoms with E-state index in [1.54, 1.807) is 14.1 Å². The summed E-state index contributed by atoms with van der Waals surface area (Å²) in [6, 6.07) is 0.135. The molecular weight excluding hydrogens is 180 g/mol. The summed E-state index contributed by atoms with van der Waals surface area (Å²) in [6.07, 6.45) is 4.82. The van der Waals surface area contributed by atoms with Gasteiger partial charge < -0.3 is 20.5 Å². The molecule has 0 radical (unpaired) electrons. The standard InChI is InChI=1S/C10H20N2O2/c1-11(13)9-7-5-3-4-6-8(7)10(9)12(2)14/h7-12H,3-6H2,1-2H3. The third kappa shape index (κ3) is 1.46. The second-order valence-electron chi connectivity index (χ2n) is 4.89. The second-order valence-corrected chi connectivity index (χ2v) is 4.89. The third-order valence-corrected chi connectivity index (χ3v) is 4.12. The maximum absolute atomic E-state index is 11.4. The van der Waals surface area contributed by atoms with Gasteiger partial charge in [0.05, 0.1) is 14.1 Å². The van der Waals surface area contributed by atoms with Gasteiger partial charge in [0.1, 0.15) is 12.1 Å². The Morgan fingerprint density at radius 2 is 1.21 bits per heavy atom. The lowest BCUT2D eigenvalue weighted by Gasteiger charge is -2.57. The Hall–Kier alpha value is -0.160. The van der Waals surface area contributed by atoms with Crippen LogP contribution in [0.3, 0.4) is 0 Å². The van der Waals surface area contributed by atoms with Crippen LogP contribution < -0.4 is 10.1 Å². The van der Waals surface area contributed by atoms with Crippen molar-refractivity contribution in [3.63, 3.8) is 0 Å². The Kier molecular flexibility index (Phi) is 2.79. The largest absolute Gasteiger partial charge is 0.634 e. The average molecular weight is 200 g/mol. The number of hydrogen-bond donors (Lipinski definition) is 2. The molecule has 14 heavy (non-hydrogen) atoms. The monoisotopic (exact) mass is 200 g/mol. The first kappa shape index (κ1) is 10.4. The Balaban J connectivity index is 2.07. The van der Waals surface area contributed by atoms with Crippen LogP contribution in [0.25, 0.3) is 0 Å². The highest BCUT2D eigenvalue weighted by atomic mass is 16.5. The number of hydroxylamine groups is 4. The SMILES string of the molecule is C[NH+]([O-])C1C2CCCCC2C1[NH+](C)[O-]. The van der Waals surface area contributed by atoms with Crippen LogP contribution in [-0.4, -0.2) is 26.2 Å². The first-order valence-electron chi connectivity index (χ1n) is 5.64. The summed E-state index contributed by atoms with van der Waals surface area (Å²) in [4.78, 5) is 0. The molecule has 0 aromatic carbocycles. The van der Waals surface area contributed by atoms with E-state index in [1.807, 2.05) is 0 Å². The van der Waals surface area contributed by atoms with E-state index in [2.05, 4.69) is 0 Å². The van der Waals surface area contributed by atoms with Crippen molar-refractivity contribution < 1.29 is 10.1 Å². The number of quaternary nitrogens is 2. The minimum absolute atomic E-state index is 0.0674.